The molecule has 0 radical (unpaired) electrons. The van der Waals surface area contributed by atoms with Gasteiger partial charge in [-0.05, 0) is 42.7 Å². The van der Waals surface area contributed by atoms with Gasteiger partial charge in [-0.2, -0.15) is 9.61 Å². The van der Waals surface area contributed by atoms with E-state index in [-0.39, 0.29) is 17.3 Å². The van der Waals surface area contributed by atoms with Crippen molar-refractivity contribution >= 4 is 22.8 Å². The number of halogens is 2. The fraction of sp³-hybridized carbons (Fsp3) is 0.261. The normalized spacial score (nSPS) is 18.8. The second-order valence-electron chi connectivity index (χ2n) is 8.13. The third-order valence-electron chi connectivity index (χ3n) is 6.00. The molecule has 3 aromatic heterocycles. The summed E-state index contributed by atoms with van der Waals surface area (Å²) in [5.41, 5.74) is 8.71. The Morgan fingerprint density at radius 1 is 1.09 bits per heavy atom. The number of hydrogen-bond donors (Lipinski definition) is 2. The number of imidazole rings is 1. The van der Waals surface area contributed by atoms with E-state index in [2.05, 4.69) is 32.2 Å². The largest absolute Gasteiger partial charge is 0.368 e. The number of aromatic nitrogens is 4. The van der Waals surface area contributed by atoms with Crippen molar-refractivity contribution in [2.75, 3.05) is 23.3 Å². The van der Waals surface area contributed by atoms with Gasteiger partial charge in [-0.3, -0.25) is 4.98 Å². The van der Waals surface area contributed by atoms with Crippen molar-refractivity contribution in [2.45, 2.75) is 19.4 Å². The van der Waals surface area contributed by atoms with Crippen LogP contribution in [0.25, 0.3) is 16.8 Å². The first-order valence-corrected chi connectivity index (χ1v) is 10.5. The van der Waals surface area contributed by atoms with Crippen LogP contribution in [0.4, 0.5) is 26.1 Å². The van der Waals surface area contributed by atoms with Crippen molar-refractivity contribution in [3.05, 3.63) is 66.6 Å². The van der Waals surface area contributed by atoms with Gasteiger partial charge in [0.1, 0.15) is 11.6 Å². The van der Waals surface area contributed by atoms with Gasteiger partial charge in [0, 0.05) is 25.3 Å². The molecule has 0 bridgehead atoms. The van der Waals surface area contributed by atoms with E-state index in [0.29, 0.717) is 17.4 Å². The number of nitrogens with two attached hydrogens (primary N) is 1. The SMILES string of the molecule is CC1CCN(c2ccncc2Nc2ncc3ccc(-c4c(F)cccc4F)nn23)CC1N. The molecule has 0 saturated carbocycles. The molecular formula is C23H23F2N7. The van der Waals surface area contributed by atoms with Crippen molar-refractivity contribution < 1.29 is 8.78 Å². The number of benzene rings is 1. The maximum absolute atomic E-state index is 14.3. The minimum atomic E-state index is -0.670. The van der Waals surface area contributed by atoms with Crippen LogP contribution in [-0.4, -0.2) is 38.7 Å². The lowest BCUT2D eigenvalue weighted by atomic mass is 9.94. The summed E-state index contributed by atoms with van der Waals surface area (Å²) in [4.78, 5) is 10.9. The molecule has 164 valence electrons. The Bertz CT molecular complexity index is 1250. The molecule has 7 nitrogen and oxygen atoms in total. The molecule has 1 aliphatic rings. The molecule has 0 amide bonds. The minimum Gasteiger partial charge on any atom is -0.368 e. The molecule has 9 heteroatoms. The van der Waals surface area contributed by atoms with Crippen LogP contribution < -0.4 is 16.0 Å². The van der Waals surface area contributed by atoms with E-state index in [9.17, 15) is 8.78 Å². The number of nitrogens with zero attached hydrogens (tertiary/aromatic N) is 5. The van der Waals surface area contributed by atoms with E-state index in [1.54, 1.807) is 30.7 Å². The van der Waals surface area contributed by atoms with Crippen LogP contribution in [0, 0.1) is 17.6 Å². The molecule has 0 spiro atoms. The smallest absolute Gasteiger partial charge is 0.229 e. The zero-order valence-corrected chi connectivity index (χ0v) is 17.5. The summed E-state index contributed by atoms with van der Waals surface area (Å²) in [6.07, 6.45) is 6.12. The van der Waals surface area contributed by atoms with Gasteiger partial charge in [-0.25, -0.2) is 13.8 Å². The molecule has 3 N–H and O–H groups in total. The third kappa shape index (κ3) is 3.64. The third-order valence-corrected chi connectivity index (χ3v) is 6.00. The Morgan fingerprint density at radius 3 is 2.69 bits per heavy atom. The highest BCUT2D eigenvalue weighted by Crippen LogP contribution is 2.31. The second-order valence-corrected chi connectivity index (χ2v) is 8.13. The number of piperidine rings is 1. The number of hydrogen-bond acceptors (Lipinski definition) is 6. The van der Waals surface area contributed by atoms with Crippen LogP contribution in [0.3, 0.4) is 0 Å². The van der Waals surface area contributed by atoms with Crippen LogP contribution in [0.5, 0.6) is 0 Å². The van der Waals surface area contributed by atoms with Crippen LogP contribution in [-0.2, 0) is 0 Å². The lowest BCUT2D eigenvalue weighted by molar-refractivity contribution is 0.379. The van der Waals surface area contributed by atoms with Crippen molar-refractivity contribution in [3.8, 4) is 11.3 Å². The minimum absolute atomic E-state index is 0.0944. The molecule has 32 heavy (non-hydrogen) atoms. The number of anilines is 3. The lowest BCUT2D eigenvalue weighted by Crippen LogP contribution is -2.47. The molecule has 2 unspecified atom stereocenters. The predicted octanol–water partition coefficient (Wildman–Crippen LogP) is 3.99. The first kappa shape index (κ1) is 20.3. The van der Waals surface area contributed by atoms with E-state index >= 15 is 0 Å². The maximum Gasteiger partial charge on any atom is 0.229 e. The van der Waals surface area contributed by atoms with Crippen LogP contribution in [0.2, 0.25) is 0 Å². The molecule has 1 fully saturated rings. The predicted molar refractivity (Wildman–Crippen MR) is 120 cm³/mol. The maximum atomic E-state index is 14.3. The highest BCUT2D eigenvalue weighted by molar-refractivity contribution is 5.74. The van der Waals surface area contributed by atoms with E-state index < -0.39 is 11.6 Å². The van der Waals surface area contributed by atoms with Gasteiger partial charge in [0.15, 0.2) is 0 Å². The summed E-state index contributed by atoms with van der Waals surface area (Å²) in [6.45, 7) is 3.81. The van der Waals surface area contributed by atoms with Gasteiger partial charge in [0.05, 0.1) is 40.5 Å². The standard InChI is InChI=1S/C23H23F2N7/c1-14-8-10-31(13-18(14)26)21-7-9-27-12-20(21)29-23-28-11-15-5-6-19(30-32(15)23)22-16(24)3-2-4-17(22)25/h2-7,9,11-12,14,18H,8,10,13,26H2,1H3,(H,28,29). The molecule has 1 saturated heterocycles. The Kier molecular flexibility index (Phi) is 5.18. The molecule has 1 aliphatic heterocycles. The summed E-state index contributed by atoms with van der Waals surface area (Å²) in [6, 6.07) is 9.09. The monoisotopic (exact) mass is 435 g/mol. The molecule has 4 aromatic rings. The number of rotatable bonds is 4. The van der Waals surface area contributed by atoms with Gasteiger partial charge >= 0.3 is 0 Å². The molecule has 0 aliphatic carbocycles. The van der Waals surface area contributed by atoms with E-state index in [4.69, 9.17) is 5.73 Å². The average molecular weight is 435 g/mol. The topological polar surface area (TPSA) is 84.4 Å². The summed E-state index contributed by atoms with van der Waals surface area (Å²) in [7, 11) is 0. The quantitative estimate of drug-likeness (QED) is 0.504. The van der Waals surface area contributed by atoms with Crippen molar-refractivity contribution in [1.82, 2.24) is 19.6 Å². The highest BCUT2D eigenvalue weighted by atomic mass is 19.1. The Balaban J connectivity index is 1.51. The molecule has 5 rings (SSSR count). The average Bonchev–Trinajstić information content (AvgIpc) is 3.18. The summed E-state index contributed by atoms with van der Waals surface area (Å²) in [5.74, 6) is -0.446. The van der Waals surface area contributed by atoms with E-state index in [1.165, 1.54) is 22.7 Å². The number of fused-ring (bicyclic) bond motifs is 1. The lowest BCUT2D eigenvalue weighted by Gasteiger charge is -2.37. The van der Waals surface area contributed by atoms with Crippen LogP contribution >= 0.6 is 0 Å². The summed E-state index contributed by atoms with van der Waals surface area (Å²) in [5, 5.41) is 7.73. The summed E-state index contributed by atoms with van der Waals surface area (Å²) >= 11 is 0. The Labute approximate surface area is 183 Å². The molecule has 1 aromatic carbocycles. The van der Waals surface area contributed by atoms with Crippen LogP contribution in [0.15, 0.2) is 55.0 Å². The van der Waals surface area contributed by atoms with Crippen LogP contribution in [0.1, 0.15) is 13.3 Å². The first-order valence-electron chi connectivity index (χ1n) is 10.5. The van der Waals surface area contributed by atoms with E-state index in [0.717, 1.165) is 30.9 Å². The zero-order valence-electron chi connectivity index (χ0n) is 17.5. The van der Waals surface area contributed by atoms with Gasteiger partial charge in [-0.1, -0.05) is 13.0 Å². The number of nitrogens with one attached hydrogen (secondary N) is 1. The second kappa shape index (κ2) is 8.16. The Hall–Kier alpha value is -3.59. The van der Waals surface area contributed by atoms with Crippen molar-refractivity contribution in [2.24, 2.45) is 11.7 Å². The van der Waals surface area contributed by atoms with Gasteiger partial charge in [-0.15, -0.1) is 0 Å². The van der Waals surface area contributed by atoms with E-state index in [1.807, 2.05) is 6.07 Å². The zero-order chi connectivity index (χ0) is 22.2. The summed E-state index contributed by atoms with van der Waals surface area (Å²) < 4.78 is 30.1. The van der Waals surface area contributed by atoms with Crippen molar-refractivity contribution in [1.29, 1.82) is 0 Å². The first-order chi connectivity index (χ1) is 15.5. The van der Waals surface area contributed by atoms with Gasteiger partial charge in [0.2, 0.25) is 5.95 Å². The Morgan fingerprint density at radius 2 is 1.91 bits per heavy atom. The molecule has 2 atom stereocenters. The highest BCUT2D eigenvalue weighted by Gasteiger charge is 2.25. The molecule has 4 heterocycles. The van der Waals surface area contributed by atoms with Gasteiger partial charge in [0.25, 0.3) is 0 Å². The van der Waals surface area contributed by atoms with Gasteiger partial charge < -0.3 is 16.0 Å². The van der Waals surface area contributed by atoms with Crippen molar-refractivity contribution in [3.63, 3.8) is 0 Å². The fourth-order valence-corrected chi connectivity index (χ4v) is 4.04. The molecular weight excluding hydrogens is 412 g/mol. The number of pyridine rings is 1. The fourth-order valence-electron chi connectivity index (χ4n) is 4.04.